The lowest BCUT2D eigenvalue weighted by atomic mass is 10.3. The second-order valence-electron chi connectivity index (χ2n) is 4.55. The van der Waals surface area contributed by atoms with E-state index in [1.165, 1.54) is 23.1 Å². The molecule has 0 bridgehead atoms. The molecular formula is C13H14BrN5O2S2. The lowest BCUT2D eigenvalue weighted by molar-refractivity contribution is 0.486. The summed E-state index contributed by atoms with van der Waals surface area (Å²) in [6.07, 6.45) is 2.27. The molecule has 7 nitrogen and oxygen atoms in total. The van der Waals surface area contributed by atoms with E-state index in [-0.39, 0.29) is 0 Å². The molecule has 0 unspecified atom stereocenters. The molecule has 0 aliphatic rings. The first-order valence-electron chi connectivity index (χ1n) is 7.03. The molecule has 0 spiro atoms. The molecule has 0 saturated carbocycles. The van der Waals surface area contributed by atoms with Crippen LogP contribution in [-0.4, -0.2) is 26.9 Å². The van der Waals surface area contributed by atoms with Crippen LogP contribution in [-0.2, 0) is 5.75 Å². The van der Waals surface area contributed by atoms with Crippen molar-refractivity contribution in [2.45, 2.75) is 29.9 Å². The van der Waals surface area contributed by atoms with Gasteiger partial charge in [-0.3, -0.25) is 0 Å². The molecule has 3 aromatic heterocycles. The smallest absolute Gasteiger partial charge is 0.283 e. The van der Waals surface area contributed by atoms with Crippen molar-refractivity contribution in [2.75, 3.05) is 11.9 Å². The Morgan fingerprint density at radius 3 is 2.91 bits per heavy atom. The Morgan fingerprint density at radius 2 is 2.13 bits per heavy atom. The molecule has 122 valence electrons. The summed E-state index contributed by atoms with van der Waals surface area (Å²) in [5.41, 5.74) is 0. The number of hydrogen-bond acceptors (Lipinski definition) is 9. The van der Waals surface area contributed by atoms with Gasteiger partial charge in [-0.2, -0.15) is 0 Å². The molecule has 3 aromatic rings. The van der Waals surface area contributed by atoms with E-state index in [1.807, 2.05) is 0 Å². The minimum absolute atomic E-state index is 0.366. The third-order valence-electron chi connectivity index (χ3n) is 2.78. The first-order valence-corrected chi connectivity index (χ1v) is 9.62. The predicted octanol–water partition coefficient (Wildman–Crippen LogP) is 4.45. The van der Waals surface area contributed by atoms with Gasteiger partial charge < -0.3 is 14.2 Å². The Hall–Kier alpha value is -1.39. The van der Waals surface area contributed by atoms with E-state index in [9.17, 15) is 0 Å². The van der Waals surface area contributed by atoms with Crippen molar-refractivity contribution >= 4 is 44.2 Å². The van der Waals surface area contributed by atoms with Crippen molar-refractivity contribution in [3.63, 3.8) is 0 Å². The van der Waals surface area contributed by atoms with Crippen LogP contribution >= 0.6 is 39.0 Å². The molecule has 0 amide bonds. The number of nitrogens with zero attached hydrogens (tertiary/aromatic N) is 4. The molecule has 0 saturated heterocycles. The van der Waals surface area contributed by atoms with E-state index in [4.69, 9.17) is 8.83 Å². The third-order valence-corrected chi connectivity index (χ3v) is 5.21. The van der Waals surface area contributed by atoms with Crippen LogP contribution in [0.25, 0.3) is 11.7 Å². The first-order chi connectivity index (χ1) is 11.2. The second kappa shape index (κ2) is 7.93. The van der Waals surface area contributed by atoms with Crippen molar-refractivity contribution < 1.29 is 8.83 Å². The highest BCUT2D eigenvalue weighted by Crippen LogP contribution is 2.29. The van der Waals surface area contributed by atoms with Crippen LogP contribution in [0, 0.1) is 0 Å². The van der Waals surface area contributed by atoms with E-state index in [2.05, 4.69) is 48.6 Å². The monoisotopic (exact) mass is 415 g/mol. The minimum atomic E-state index is 0.366. The van der Waals surface area contributed by atoms with Crippen LogP contribution in [0.15, 0.2) is 30.0 Å². The Bertz CT molecular complexity index is 757. The standard InChI is InChI=1S/C13H14BrN5O2S2/c1-2-3-6-15-12-18-19-13(23-12)22-7-10-16-17-11(21-10)8-4-5-9(14)20-8/h4-5H,2-3,6-7H2,1H3,(H,15,18). The molecule has 23 heavy (non-hydrogen) atoms. The van der Waals surface area contributed by atoms with Gasteiger partial charge in [0.15, 0.2) is 14.8 Å². The number of aromatic nitrogens is 4. The number of rotatable bonds is 8. The van der Waals surface area contributed by atoms with Gasteiger partial charge in [0.2, 0.25) is 11.0 Å². The third kappa shape index (κ3) is 4.55. The summed E-state index contributed by atoms with van der Waals surface area (Å²) < 4.78 is 12.4. The average Bonchev–Trinajstić information content (AvgIpc) is 3.26. The fraction of sp³-hybridized carbons (Fsp3) is 0.385. The molecule has 0 aliphatic heterocycles. The topological polar surface area (TPSA) is 89.9 Å². The molecule has 0 atom stereocenters. The number of unbranched alkanes of at least 4 members (excludes halogenated alkanes) is 1. The molecule has 10 heteroatoms. The van der Waals surface area contributed by atoms with E-state index in [0.717, 1.165) is 28.9 Å². The molecular weight excluding hydrogens is 402 g/mol. The molecule has 3 rings (SSSR count). The van der Waals surface area contributed by atoms with Crippen LogP contribution in [0.5, 0.6) is 0 Å². The van der Waals surface area contributed by atoms with E-state index >= 15 is 0 Å². The fourth-order valence-corrected chi connectivity index (χ4v) is 3.60. The van der Waals surface area contributed by atoms with Gasteiger partial charge >= 0.3 is 0 Å². The number of nitrogens with one attached hydrogen (secondary N) is 1. The highest BCUT2D eigenvalue weighted by Gasteiger charge is 2.13. The normalized spacial score (nSPS) is 11.0. The van der Waals surface area contributed by atoms with Crippen LogP contribution in [0.4, 0.5) is 5.13 Å². The maximum atomic E-state index is 5.57. The molecule has 1 N–H and O–H groups in total. The van der Waals surface area contributed by atoms with Gasteiger partial charge in [-0.1, -0.05) is 36.4 Å². The maximum absolute atomic E-state index is 5.57. The maximum Gasteiger partial charge on any atom is 0.283 e. The summed E-state index contributed by atoms with van der Waals surface area (Å²) in [6, 6.07) is 3.55. The van der Waals surface area contributed by atoms with Crippen molar-refractivity contribution in [3.05, 3.63) is 22.7 Å². The number of halogens is 1. The summed E-state index contributed by atoms with van der Waals surface area (Å²) in [7, 11) is 0. The van der Waals surface area contributed by atoms with Gasteiger partial charge in [-0.05, 0) is 34.5 Å². The summed E-state index contributed by atoms with van der Waals surface area (Å²) in [4.78, 5) is 0. The van der Waals surface area contributed by atoms with Gasteiger partial charge in [0.05, 0.1) is 5.75 Å². The van der Waals surface area contributed by atoms with Gasteiger partial charge in [0.25, 0.3) is 5.89 Å². The zero-order valence-corrected chi connectivity index (χ0v) is 15.5. The van der Waals surface area contributed by atoms with E-state index in [1.54, 1.807) is 12.1 Å². The van der Waals surface area contributed by atoms with Crippen LogP contribution in [0.1, 0.15) is 25.7 Å². The zero-order valence-electron chi connectivity index (χ0n) is 12.3. The van der Waals surface area contributed by atoms with E-state index in [0.29, 0.717) is 28.0 Å². The number of thioether (sulfide) groups is 1. The quantitative estimate of drug-likeness (QED) is 0.426. The molecule has 3 heterocycles. The van der Waals surface area contributed by atoms with Gasteiger partial charge in [0, 0.05) is 6.54 Å². The summed E-state index contributed by atoms with van der Waals surface area (Å²) >= 11 is 6.28. The summed E-state index contributed by atoms with van der Waals surface area (Å²) in [6.45, 7) is 3.07. The molecule has 0 aliphatic carbocycles. The van der Waals surface area contributed by atoms with E-state index < -0.39 is 0 Å². The molecule has 0 radical (unpaired) electrons. The van der Waals surface area contributed by atoms with Crippen LogP contribution in [0.2, 0.25) is 0 Å². The molecule has 0 fully saturated rings. The fourth-order valence-electron chi connectivity index (χ4n) is 1.68. The SMILES string of the molecule is CCCCNc1nnc(SCc2nnc(-c3ccc(Br)o3)o2)s1. The van der Waals surface area contributed by atoms with Crippen molar-refractivity contribution in [1.82, 2.24) is 20.4 Å². The number of hydrogen-bond donors (Lipinski definition) is 1. The Balaban J connectivity index is 1.53. The van der Waals surface area contributed by atoms with Crippen LogP contribution in [0.3, 0.4) is 0 Å². The largest absolute Gasteiger partial charge is 0.444 e. The lowest BCUT2D eigenvalue weighted by Crippen LogP contribution is -1.99. The second-order valence-corrected chi connectivity index (χ2v) is 7.53. The van der Waals surface area contributed by atoms with Crippen molar-refractivity contribution in [2.24, 2.45) is 0 Å². The van der Waals surface area contributed by atoms with Gasteiger partial charge in [0.1, 0.15) is 0 Å². The highest BCUT2D eigenvalue weighted by atomic mass is 79.9. The highest BCUT2D eigenvalue weighted by molar-refractivity contribution is 9.10. The zero-order chi connectivity index (χ0) is 16.1. The Kier molecular flexibility index (Phi) is 5.68. The van der Waals surface area contributed by atoms with Crippen molar-refractivity contribution in [1.29, 1.82) is 0 Å². The van der Waals surface area contributed by atoms with Gasteiger partial charge in [-0.25, -0.2) is 0 Å². The predicted molar refractivity (Wildman–Crippen MR) is 92.6 cm³/mol. The summed E-state index contributed by atoms with van der Waals surface area (Å²) in [5, 5.41) is 20.3. The lowest BCUT2D eigenvalue weighted by Gasteiger charge is -1.97. The summed E-state index contributed by atoms with van der Waals surface area (Å²) in [5.74, 6) is 1.97. The number of furan rings is 1. The van der Waals surface area contributed by atoms with Crippen molar-refractivity contribution in [3.8, 4) is 11.7 Å². The average molecular weight is 416 g/mol. The Morgan fingerprint density at radius 1 is 1.22 bits per heavy atom. The number of anilines is 1. The van der Waals surface area contributed by atoms with Gasteiger partial charge in [-0.15, -0.1) is 20.4 Å². The molecule has 0 aromatic carbocycles. The minimum Gasteiger partial charge on any atom is -0.444 e. The first kappa shape index (κ1) is 16.5. The van der Waals surface area contributed by atoms with Crippen LogP contribution < -0.4 is 5.32 Å². The Labute approximate surface area is 149 Å².